The van der Waals surface area contributed by atoms with E-state index in [2.05, 4.69) is 29.8 Å². The molecule has 0 fully saturated rings. The van der Waals surface area contributed by atoms with Crippen molar-refractivity contribution in [1.82, 2.24) is 4.57 Å². The summed E-state index contributed by atoms with van der Waals surface area (Å²) >= 11 is 0. The highest BCUT2D eigenvalue weighted by molar-refractivity contribution is 6.03. The average molecular weight is 185 g/mol. The molecule has 0 spiro atoms. The SMILES string of the molecule is CCn1ccc2ccc3occc3c21. The quantitative estimate of drug-likeness (QED) is 0.568. The largest absolute Gasteiger partial charge is 0.464 e. The Morgan fingerprint density at radius 2 is 2.14 bits per heavy atom. The van der Waals surface area contributed by atoms with Crippen molar-refractivity contribution in [1.29, 1.82) is 0 Å². The smallest absolute Gasteiger partial charge is 0.135 e. The van der Waals surface area contributed by atoms with Gasteiger partial charge in [-0.05, 0) is 31.2 Å². The van der Waals surface area contributed by atoms with Crippen LogP contribution in [0.1, 0.15) is 6.92 Å². The number of aromatic nitrogens is 1. The van der Waals surface area contributed by atoms with E-state index < -0.39 is 0 Å². The van der Waals surface area contributed by atoms with Crippen LogP contribution in [0.15, 0.2) is 41.1 Å². The van der Waals surface area contributed by atoms with Gasteiger partial charge in [0.2, 0.25) is 0 Å². The Kier molecular flexibility index (Phi) is 1.45. The number of aryl methyl sites for hydroxylation is 1. The summed E-state index contributed by atoms with van der Waals surface area (Å²) in [6, 6.07) is 8.31. The normalized spacial score (nSPS) is 11.5. The summed E-state index contributed by atoms with van der Waals surface area (Å²) < 4.78 is 7.62. The second-order valence-electron chi connectivity index (χ2n) is 3.44. The molecule has 14 heavy (non-hydrogen) atoms. The maximum absolute atomic E-state index is 5.38. The number of nitrogens with zero attached hydrogens (tertiary/aromatic N) is 1. The van der Waals surface area contributed by atoms with Gasteiger partial charge in [0.1, 0.15) is 5.58 Å². The van der Waals surface area contributed by atoms with Crippen LogP contribution in [-0.2, 0) is 6.54 Å². The monoisotopic (exact) mass is 185 g/mol. The molecule has 0 aliphatic rings. The van der Waals surface area contributed by atoms with Gasteiger partial charge in [0.25, 0.3) is 0 Å². The molecule has 0 saturated carbocycles. The summed E-state index contributed by atoms with van der Waals surface area (Å²) in [5.74, 6) is 0. The van der Waals surface area contributed by atoms with Crippen molar-refractivity contribution in [2.75, 3.05) is 0 Å². The van der Waals surface area contributed by atoms with Gasteiger partial charge in [0.05, 0.1) is 11.8 Å². The van der Waals surface area contributed by atoms with E-state index in [9.17, 15) is 0 Å². The molecule has 1 aromatic carbocycles. The summed E-state index contributed by atoms with van der Waals surface area (Å²) in [5.41, 5.74) is 2.24. The number of furan rings is 1. The van der Waals surface area contributed by atoms with Crippen LogP contribution >= 0.6 is 0 Å². The fourth-order valence-corrected chi connectivity index (χ4v) is 2.01. The second-order valence-corrected chi connectivity index (χ2v) is 3.44. The molecule has 0 aliphatic heterocycles. The minimum Gasteiger partial charge on any atom is -0.464 e. The first-order valence-corrected chi connectivity index (χ1v) is 4.85. The molecule has 2 heterocycles. The highest BCUT2D eigenvalue weighted by atomic mass is 16.3. The van der Waals surface area contributed by atoms with Gasteiger partial charge in [-0.25, -0.2) is 0 Å². The lowest BCUT2D eigenvalue weighted by Gasteiger charge is -2.00. The summed E-state index contributed by atoms with van der Waals surface area (Å²) in [7, 11) is 0. The van der Waals surface area contributed by atoms with Crippen molar-refractivity contribution in [3.63, 3.8) is 0 Å². The highest BCUT2D eigenvalue weighted by Gasteiger charge is 2.05. The van der Waals surface area contributed by atoms with Gasteiger partial charge in [-0.2, -0.15) is 0 Å². The Morgan fingerprint density at radius 3 is 3.00 bits per heavy atom. The predicted octanol–water partition coefficient (Wildman–Crippen LogP) is 3.41. The first-order valence-electron chi connectivity index (χ1n) is 4.85. The van der Waals surface area contributed by atoms with Crippen LogP contribution < -0.4 is 0 Å². The van der Waals surface area contributed by atoms with E-state index in [1.165, 1.54) is 16.3 Å². The van der Waals surface area contributed by atoms with Crippen LogP contribution in [0.3, 0.4) is 0 Å². The zero-order valence-corrected chi connectivity index (χ0v) is 8.03. The molecule has 0 amide bonds. The van der Waals surface area contributed by atoms with Crippen molar-refractivity contribution in [3.8, 4) is 0 Å². The Balaban J connectivity index is 2.58. The Hall–Kier alpha value is -1.70. The van der Waals surface area contributed by atoms with Gasteiger partial charge >= 0.3 is 0 Å². The lowest BCUT2D eigenvalue weighted by atomic mass is 10.2. The average Bonchev–Trinajstić information content (AvgIpc) is 2.82. The van der Waals surface area contributed by atoms with E-state index in [4.69, 9.17) is 4.42 Å². The first kappa shape index (κ1) is 7.68. The molecule has 0 N–H and O–H groups in total. The second kappa shape index (κ2) is 2.64. The van der Waals surface area contributed by atoms with E-state index in [0.29, 0.717) is 0 Å². The maximum atomic E-state index is 5.38. The minimum absolute atomic E-state index is 0.964. The van der Waals surface area contributed by atoms with Crippen molar-refractivity contribution in [2.24, 2.45) is 0 Å². The molecule has 0 aliphatic carbocycles. The van der Waals surface area contributed by atoms with Gasteiger partial charge in [-0.3, -0.25) is 0 Å². The highest BCUT2D eigenvalue weighted by Crippen LogP contribution is 2.26. The third-order valence-corrected chi connectivity index (χ3v) is 2.70. The molecule has 0 unspecified atom stereocenters. The first-order chi connectivity index (χ1) is 6.90. The zero-order valence-electron chi connectivity index (χ0n) is 8.03. The van der Waals surface area contributed by atoms with Crippen LogP contribution in [0.4, 0.5) is 0 Å². The molecule has 70 valence electrons. The zero-order chi connectivity index (χ0) is 9.54. The fourth-order valence-electron chi connectivity index (χ4n) is 2.01. The summed E-state index contributed by atoms with van der Waals surface area (Å²) in [4.78, 5) is 0. The van der Waals surface area contributed by atoms with E-state index in [0.717, 1.165) is 12.1 Å². The fraction of sp³-hybridized carbons (Fsp3) is 0.167. The molecule has 0 atom stereocenters. The molecular formula is C12H11NO. The number of fused-ring (bicyclic) bond motifs is 3. The lowest BCUT2D eigenvalue weighted by Crippen LogP contribution is -1.90. The molecule has 3 rings (SSSR count). The van der Waals surface area contributed by atoms with E-state index in [1.807, 2.05) is 12.1 Å². The predicted molar refractivity (Wildman–Crippen MR) is 57.4 cm³/mol. The van der Waals surface area contributed by atoms with Crippen molar-refractivity contribution in [2.45, 2.75) is 13.5 Å². The van der Waals surface area contributed by atoms with Crippen LogP contribution in [0, 0.1) is 0 Å². The summed E-state index contributed by atoms with van der Waals surface area (Å²) in [6.07, 6.45) is 3.87. The molecule has 0 radical (unpaired) electrons. The number of hydrogen-bond donors (Lipinski definition) is 0. The molecule has 2 aromatic heterocycles. The van der Waals surface area contributed by atoms with E-state index in [-0.39, 0.29) is 0 Å². The molecule has 0 bridgehead atoms. The van der Waals surface area contributed by atoms with Crippen molar-refractivity contribution >= 4 is 21.9 Å². The van der Waals surface area contributed by atoms with Gasteiger partial charge in [-0.1, -0.05) is 0 Å². The number of benzene rings is 1. The van der Waals surface area contributed by atoms with Gasteiger partial charge < -0.3 is 8.98 Å². The Labute approximate surface area is 81.7 Å². The molecule has 3 aromatic rings. The number of rotatable bonds is 1. The van der Waals surface area contributed by atoms with Gasteiger partial charge in [-0.15, -0.1) is 0 Å². The van der Waals surface area contributed by atoms with Gasteiger partial charge in [0, 0.05) is 23.5 Å². The maximum Gasteiger partial charge on any atom is 0.135 e. The topological polar surface area (TPSA) is 18.1 Å². The molecule has 2 nitrogen and oxygen atoms in total. The lowest BCUT2D eigenvalue weighted by molar-refractivity contribution is 0.616. The third kappa shape index (κ3) is 0.854. The van der Waals surface area contributed by atoms with E-state index in [1.54, 1.807) is 6.26 Å². The summed E-state index contributed by atoms with van der Waals surface area (Å²) in [5, 5.41) is 2.48. The van der Waals surface area contributed by atoms with Crippen LogP contribution in [-0.4, -0.2) is 4.57 Å². The van der Waals surface area contributed by atoms with Crippen molar-refractivity contribution < 1.29 is 4.42 Å². The molecule has 0 saturated heterocycles. The summed E-state index contributed by atoms with van der Waals surface area (Å²) in [6.45, 7) is 3.14. The Bertz CT molecular complexity index is 588. The number of hydrogen-bond acceptors (Lipinski definition) is 1. The minimum atomic E-state index is 0.964. The van der Waals surface area contributed by atoms with Gasteiger partial charge in [0.15, 0.2) is 0 Å². The van der Waals surface area contributed by atoms with Crippen LogP contribution in [0.25, 0.3) is 21.9 Å². The Morgan fingerprint density at radius 1 is 1.21 bits per heavy atom. The molecular weight excluding hydrogens is 174 g/mol. The third-order valence-electron chi connectivity index (χ3n) is 2.70. The van der Waals surface area contributed by atoms with E-state index >= 15 is 0 Å². The molecule has 2 heteroatoms. The van der Waals surface area contributed by atoms with Crippen LogP contribution in [0.5, 0.6) is 0 Å². The standard InChI is InChI=1S/C12H11NO/c1-2-13-7-5-9-3-4-11-10(12(9)13)6-8-14-11/h3-8H,2H2,1H3. The van der Waals surface area contributed by atoms with Crippen molar-refractivity contribution in [3.05, 3.63) is 36.7 Å². The van der Waals surface area contributed by atoms with Crippen LogP contribution in [0.2, 0.25) is 0 Å².